The van der Waals surface area contributed by atoms with Gasteiger partial charge < -0.3 is 10.1 Å². The third-order valence-electron chi connectivity index (χ3n) is 3.62. The van der Waals surface area contributed by atoms with E-state index in [9.17, 15) is 12.8 Å². The Morgan fingerprint density at radius 3 is 2.43 bits per heavy atom. The molecule has 0 spiro atoms. The van der Waals surface area contributed by atoms with E-state index in [4.69, 9.17) is 4.74 Å². The van der Waals surface area contributed by atoms with E-state index in [-0.39, 0.29) is 4.90 Å². The molecule has 0 aliphatic carbocycles. The van der Waals surface area contributed by atoms with Crippen molar-refractivity contribution in [3.63, 3.8) is 0 Å². The summed E-state index contributed by atoms with van der Waals surface area (Å²) in [6.07, 6.45) is 0. The van der Waals surface area contributed by atoms with Gasteiger partial charge in [-0.25, -0.2) is 17.8 Å². The maximum absolute atomic E-state index is 13.3. The van der Waals surface area contributed by atoms with Crippen LogP contribution in [-0.2, 0) is 10.0 Å². The summed E-state index contributed by atoms with van der Waals surface area (Å²) in [6.45, 7) is 4.13. The van der Waals surface area contributed by atoms with Gasteiger partial charge in [0.25, 0.3) is 10.0 Å². The van der Waals surface area contributed by atoms with Crippen molar-refractivity contribution in [2.75, 3.05) is 16.6 Å². The number of anilines is 3. The van der Waals surface area contributed by atoms with E-state index in [0.29, 0.717) is 35.5 Å². The van der Waals surface area contributed by atoms with Gasteiger partial charge in [-0.3, -0.25) is 4.72 Å². The van der Waals surface area contributed by atoms with Gasteiger partial charge in [0, 0.05) is 17.4 Å². The first-order chi connectivity index (χ1) is 13.4. The molecule has 2 N–H and O–H groups in total. The third-order valence-corrected chi connectivity index (χ3v) is 5.00. The molecule has 0 aliphatic rings. The average molecular weight is 402 g/mol. The number of hydrogen-bond acceptors (Lipinski definition) is 6. The van der Waals surface area contributed by atoms with Gasteiger partial charge in [-0.2, -0.15) is 4.98 Å². The van der Waals surface area contributed by atoms with Gasteiger partial charge in [-0.05, 0) is 56.3 Å². The Hall–Kier alpha value is -3.20. The van der Waals surface area contributed by atoms with Crippen molar-refractivity contribution >= 4 is 27.2 Å². The maximum atomic E-state index is 13.3. The summed E-state index contributed by atoms with van der Waals surface area (Å²) in [4.78, 5) is 8.33. The monoisotopic (exact) mass is 402 g/mol. The fraction of sp³-hybridized carbons (Fsp3) is 0.158. The lowest BCUT2D eigenvalue weighted by Gasteiger charge is -2.11. The zero-order chi connectivity index (χ0) is 20.1. The van der Waals surface area contributed by atoms with Crippen LogP contribution in [0.25, 0.3) is 0 Å². The van der Waals surface area contributed by atoms with Crippen LogP contribution in [0, 0.1) is 12.7 Å². The van der Waals surface area contributed by atoms with Gasteiger partial charge in [0.15, 0.2) is 0 Å². The summed E-state index contributed by atoms with van der Waals surface area (Å²) in [5.41, 5.74) is 1.05. The van der Waals surface area contributed by atoms with Crippen LogP contribution in [0.2, 0.25) is 0 Å². The molecule has 7 nitrogen and oxygen atoms in total. The van der Waals surface area contributed by atoms with E-state index in [0.717, 1.165) is 6.07 Å². The molecule has 3 rings (SSSR count). The highest BCUT2D eigenvalue weighted by atomic mass is 32.2. The molecule has 0 bridgehead atoms. The van der Waals surface area contributed by atoms with Crippen LogP contribution in [0.5, 0.6) is 5.88 Å². The van der Waals surface area contributed by atoms with Crippen LogP contribution in [-0.4, -0.2) is 25.0 Å². The van der Waals surface area contributed by atoms with Crippen molar-refractivity contribution in [2.45, 2.75) is 18.7 Å². The molecule has 0 saturated carbocycles. The lowest BCUT2D eigenvalue weighted by molar-refractivity contribution is 0.325. The largest absolute Gasteiger partial charge is 0.478 e. The molecule has 1 aromatic heterocycles. The van der Waals surface area contributed by atoms with Crippen molar-refractivity contribution in [2.24, 2.45) is 0 Å². The smallest absolute Gasteiger partial charge is 0.261 e. The molecule has 0 aliphatic heterocycles. The molecule has 2 aromatic carbocycles. The van der Waals surface area contributed by atoms with Crippen molar-refractivity contribution < 1.29 is 17.5 Å². The van der Waals surface area contributed by atoms with Crippen LogP contribution >= 0.6 is 0 Å². The van der Waals surface area contributed by atoms with Crippen molar-refractivity contribution in [3.8, 4) is 5.88 Å². The van der Waals surface area contributed by atoms with Crippen molar-refractivity contribution in [3.05, 3.63) is 66.2 Å². The Morgan fingerprint density at radius 1 is 1.04 bits per heavy atom. The minimum atomic E-state index is -3.87. The lowest BCUT2D eigenvalue weighted by atomic mass is 10.3. The molecule has 0 radical (unpaired) electrons. The van der Waals surface area contributed by atoms with E-state index in [1.165, 1.54) is 18.2 Å². The number of aromatic nitrogens is 2. The Morgan fingerprint density at radius 2 is 1.75 bits per heavy atom. The molecule has 0 fully saturated rings. The normalized spacial score (nSPS) is 11.1. The fourth-order valence-electron chi connectivity index (χ4n) is 2.44. The van der Waals surface area contributed by atoms with Gasteiger partial charge >= 0.3 is 0 Å². The third kappa shape index (κ3) is 4.95. The summed E-state index contributed by atoms with van der Waals surface area (Å²) in [5.74, 6) is 0.975. The molecule has 3 aromatic rings. The number of sulfonamides is 1. The number of hydrogen-bond donors (Lipinski definition) is 2. The second-order valence-corrected chi connectivity index (χ2v) is 7.52. The number of nitrogens with zero attached hydrogens (tertiary/aromatic N) is 2. The van der Waals surface area contributed by atoms with Gasteiger partial charge in [0.1, 0.15) is 17.5 Å². The summed E-state index contributed by atoms with van der Waals surface area (Å²) in [6, 6.07) is 13.1. The zero-order valence-corrected chi connectivity index (χ0v) is 16.1. The van der Waals surface area contributed by atoms with Crippen molar-refractivity contribution in [1.82, 2.24) is 9.97 Å². The highest BCUT2D eigenvalue weighted by Gasteiger charge is 2.14. The molecular weight excluding hydrogens is 383 g/mol. The van der Waals surface area contributed by atoms with Gasteiger partial charge in [0.2, 0.25) is 5.88 Å². The number of nitrogens with one attached hydrogen (secondary N) is 2. The highest BCUT2D eigenvalue weighted by molar-refractivity contribution is 7.92. The topological polar surface area (TPSA) is 93.2 Å². The Kier molecular flexibility index (Phi) is 5.74. The predicted molar refractivity (Wildman–Crippen MR) is 105 cm³/mol. The fourth-order valence-corrected chi connectivity index (χ4v) is 3.53. The maximum Gasteiger partial charge on any atom is 0.261 e. The van der Waals surface area contributed by atoms with Gasteiger partial charge in [0.05, 0.1) is 11.5 Å². The van der Waals surface area contributed by atoms with Crippen LogP contribution in [0.1, 0.15) is 12.7 Å². The molecule has 146 valence electrons. The second-order valence-electron chi connectivity index (χ2n) is 5.84. The van der Waals surface area contributed by atoms with Gasteiger partial charge in [-0.1, -0.05) is 6.07 Å². The Labute approximate surface area is 162 Å². The second kappa shape index (κ2) is 8.22. The van der Waals surface area contributed by atoms with E-state index in [1.807, 2.05) is 6.92 Å². The first kappa shape index (κ1) is 19.6. The lowest BCUT2D eigenvalue weighted by Crippen LogP contribution is -2.13. The van der Waals surface area contributed by atoms with E-state index in [2.05, 4.69) is 20.0 Å². The Bertz CT molecular complexity index is 1070. The number of benzene rings is 2. The van der Waals surface area contributed by atoms with Crippen LogP contribution in [0.15, 0.2) is 59.5 Å². The van der Waals surface area contributed by atoms with Crippen LogP contribution in [0.3, 0.4) is 0 Å². The van der Waals surface area contributed by atoms with Crippen molar-refractivity contribution in [1.29, 1.82) is 0 Å². The predicted octanol–water partition coefficient (Wildman–Crippen LogP) is 3.87. The molecule has 1 heterocycles. The zero-order valence-electron chi connectivity index (χ0n) is 15.3. The van der Waals surface area contributed by atoms with E-state index >= 15 is 0 Å². The minimum absolute atomic E-state index is 0.144. The summed E-state index contributed by atoms with van der Waals surface area (Å²) in [5, 5.41) is 3.11. The number of halogens is 1. The molecule has 28 heavy (non-hydrogen) atoms. The molecule has 0 saturated heterocycles. The highest BCUT2D eigenvalue weighted by Crippen LogP contribution is 2.22. The number of rotatable bonds is 7. The standard InChI is InChI=1S/C19H19FN4O3S/c1-3-27-19-12-18(21-13(2)22-19)23-15-7-9-16(10-8-15)24-28(25,26)17-6-4-5-14(20)11-17/h4-12,24H,3H2,1-2H3,(H,21,22,23). The summed E-state index contributed by atoms with van der Waals surface area (Å²) >= 11 is 0. The SMILES string of the molecule is CCOc1cc(Nc2ccc(NS(=O)(=O)c3cccc(F)c3)cc2)nc(C)n1. The first-order valence-corrected chi connectivity index (χ1v) is 9.98. The summed E-state index contributed by atoms with van der Waals surface area (Å²) < 4.78 is 45.8. The number of aryl methyl sites for hydroxylation is 1. The number of ether oxygens (including phenoxy) is 1. The Balaban J connectivity index is 1.73. The van der Waals surface area contributed by atoms with E-state index < -0.39 is 15.8 Å². The average Bonchev–Trinajstić information content (AvgIpc) is 2.63. The molecule has 0 amide bonds. The van der Waals surface area contributed by atoms with Crippen LogP contribution < -0.4 is 14.8 Å². The summed E-state index contributed by atoms with van der Waals surface area (Å²) in [7, 11) is -3.87. The van der Waals surface area contributed by atoms with E-state index in [1.54, 1.807) is 37.3 Å². The molecule has 9 heteroatoms. The minimum Gasteiger partial charge on any atom is -0.478 e. The van der Waals surface area contributed by atoms with Gasteiger partial charge in [-0.15, -0.1) is 0 Å². The molecular formula is C19H19FN4O3S. The molecule has 0 atom stereocenters. The first-order valence-electron chi connectivity index (χ1n) is 8.49. The quantitative estimate of drug-likeness (QED) is 0.623. The van der Waals surface area contributed by atoms with Crippen LogP contribution in [0.4, 0.5) is 21.6 Å². The molecule has 0 unspecified atom stereocenters.